The molecule has 0 radical (unpaired) electrons. The van der Waals surface area contributed by atoms with Crippen LogP contribution in [0, 0.1) is 5.82 Å². The number of aromatic nitrogens is 1. The molecule has 1 aromatic heterocycles. The molecule has 140 valence electrons. The lowest BCUT2D eigenvalue weighted by Crippen LogP contribution is -2.24. The van der Waals surface area contributed by atoms with E-state index in [1.54, 1.807) is 0 Å². The molecular weight excluding hydrogens is 341 g/mol. The molecule has 4 rings (SSSR count). The highest BCUT2D eigenvalue weighted by Gasteiger charge is 2.24. The number of carbonyl (C=O) groups excluding carboxylic acids is 1. The van der Waals surface area contributed by atoms with Crippen molar-refractivity contribution in [1.29, 1.82) is 0 Å². The van der Waals surface area contributed by atoms with Crippen molar-refractivity contribution in [1.82, 2.24) is 15.6 Å². The van der Waals surface area contributed by atoms with Gasteiger partial charge in [0.15, 0.2) is 0 Å². The first-order valence-corrected chi connectivity index (χ1v) is 9.56. The fourth-order valence-electron chi connectivity index (χ4n) is 3.91. The lowest BCUT2D eigenvalue weighted by atomic mass is 9.91. The zero-order valence-corrected chi connectivity index (χ0v) is 15.4. The summed E-state index contributed by atoms with van der Waals surface area (Å²) >= 11 is 0. The lowest BCUT2D eigenvalue weighted by molar-refractivity contribution is 0.0956. The number of aromatic amines is 1. The Balaban J connectivity index is 1.59. The molecule has 3 aromatic rings. The number of halogens is 1. The van der Waals surface area contributed by atoms with Crippen molar-refractivity contribution in [3.8, 4) is 0 Å². The van der Waals surface area contributed by atoms with Gasteiger partial charge < -0.3 is 15.6 Å². The van der Waals surface area contributed by atoms with Crippen molar-refractivity contribution in [2.24, 2.45) is 0 Å². The van der Waals surface area contributed by atoms with Crippen LogP contribution in [0.1, 0.15) is 53.0 Å². The van der Waals surface area contributed by atoms with Crippen LogP contribution in [0.5, 0.6) is 0 Å². The number of benzene rings is 2. The summed E-state index contributed by atoms with van der Waals surface area (Å²) in [7, 11) is 0. The molecular formula is C22H24FN3O. The third kappa shape index (κ3) is 3.60. The Labute approximate surface area is 158 Å². The van der Waals surface area contributed by atoms with E-state index in [4.69, 9.17) is 0 Å². The van der Waals surface area contributed by atoms with Gasteiger partial charge >= 0.3 is 0 Å². The normalized spacial score (nSPS) is 16.3. The van der Waals surface area contributed by atoms with Crippen molar-refractivity contribution < 1.29 is 9.18 Å². The Bertz CT molecular complexity index is 962. The Morgan fingerprint density at radius 1 is 1.22 bits per heavy atom. The number of fused-ring (bicyclic) bond motifs is 3. The zero-order valence-electron chi connectivity index (χ0n) is 15.4. The predicted molar refractivity (Wildman–Crippen MR) is 105 cm³/mol. The van der Waals surface area contributed by atoms with Crippen LogP contribution in [0.2, 0.25) is 0 Å². The Hall–Kier alpha value is -2.66. The maximum atomic E-state index is 13.1. The van der Waals surface area contributed by atoms with Gasteiger partial charge in [-0.3, -0.25) is 4.79 Å². The number of H-pyrrole nitrogens is 1. The molecule has 2 aromatic carbocycles. The fourth-order valence-corrected chi connectivity index (χ4v) is 3.91. The molecule has 0 bridgehead atoms. The molecule has 3 N–H and O–H groups in total. The first kappa shape index (κ1) is 17.7. The molecule has 27 heavy (non-hydrogen) atoms. The minimum Gasteiger partial charge on any atom is -0.357 e. The standard InChI is InChI=1S/C22H24FN3O/c1-2-24-22(27)15-8-11-19-18(12-15)17-4-3-5-20(21(17)26-19)25-13-14-6-9-16(23)10-7-14/h6-12,20,25-26H,2-5,13H2,1H3,(H,24,27). The lowest BCUT2D eigenvalue weighted by Gasteiger charge is -2.24. The SMILES string of the molecule is CCNC(=O)c1ccc2[nH]c3c(c2c1)CCCC3NCc1ccc(F)cc1. The van der Waals surface area contributed by atoms with Crippen molar-refractivity contribution >= 4 is 16.8 Å². The van der Waals surface area contributed by atoms with Crippen LogP contribution < -0.4 is 10.6 Å². The first-order valence-electron chi connectivity index (χ1n) is 9.56. The van der Waals surface area contributed by atoms with E-state index in [2.05, 4.69) is 15.6 Å². The third-order valence-electron chi connectivity index (χ3n) is 5.27. The molecule has 5 heteroatoms. The number of amides is 1. The second kappa shape index (κ2) is 7.53. The van der Waals surface area contributed by atoms with E-state index in [9.17, 15) is 9.18 Å². The van der Waals surface area contributed by atoms with E-state index < -0.39 is 0 Å². The molecule has 1 aliphatic carbocycles. The first-order chi connectivity index (χ1) is 13.2. The molecule has 4 nitrogen and oxygen atoms in total. The number of nitrogens with one attached hydrogen (secondary N) is 3. The van der Waals surface area contributed by atoms with Gasteiger partial charge in [-0.05, 0) is 67.6 Å². The highest BCUT2D eigenvalue weighted by Crippen LogP contribution is 2.35. The predicted octanol–water partition coefficient (Wildman–Crippen LogP) is 4.22. The fraction of sp³-hybridized carbons (Fsp3) is 0.318. The number of rotatable bonds is 5. The van der Waals surface area contributed by atoms with Crippen LogP contribution >= 0.6 is 0 Å². The van der Waals surface area contributed by atoms with Gasteiger partial charge in [0.05, 0.1) is 0 Å². The minimum atomic E-state index is -0.211. The number of aryl methyl sites for hydroxylation is 1. The molecule has 0 fully saturated rings. The van der Waals surface area contributed by atoms with Crippen molar-refractivity contribution in [3.05, 3.63) is 70.7 Å². The van der Waals surface area contributed by atoms with E-state index in [0.717, 1.165) is 35.7 Å². The van der Waals surface area contributed by atoms with Crippen LogP contribution in [0.3, 0.4) is 0 Å². The van der Waals surface area contributed by atoms with Gasteiger partial charge in [-0.15, -0.1) is 0 Å². The summed E-state index contributed by atoms with van der Waals surface area (Å²) < 4.78 is 13.1. The molecule has 1 unspecified atom stereocenters. The minimum absolute atomic E-state index is 0.0313. The van der Waals surface area contributed by atoms with Gasteiger partial charge in [0, 0.05) is 41.3 Å². The van der Waals surface area contributed by atoms with E-state index in [1.807, 2.05) is 37.3 Å². The van der Waals surface area contributed by atoms with Crippen LogP contribution in [-0.4, -0.2) is 17.4 Å². The number of hydrogen-bond donors (Lipinski definition) is 3. The summed E-state index contributed by atoms with van der Waals surface area (Å²) in [4.78, 5) is 15.7. The second-order valence-corrected chi connectivity index (χ2v) is 7.09. The molecule has 0 saturated carbocycles. The largest absolute Gasteiger partial charge is 0.357 e. The smallest absolute Gasteiger partial charge is 0.251 e. The molecule has 0 saturated heterocycles. The van der Waals surface area contributed by atoms with Crippen molar-refractivity contribution in [2.45, 2.75) is 38.8 Å². The van der Waals surface area contributed by atoms with Gasteiger partial charge in [0.1, 0.15) is 5.82 Å². The number of hydrogen-bond acceptors (Lipinski definition) is 2. The van der Waals surface area contributed by atoms with Gasteiger partial charge in [0.25, 0.3) is 5.91 Å². The molecule has 0 aliphatic heterocycles. The molecule has 1 aliphatic rings. The maximum Gasteiger partial charge on any atom is 0.251 e. The molecule has 1 atom stereocenters. The second-order valence-electron chi connectivity index (χ2n) is 7.09. The van der Waals surface area contributed by atoms with E-state index in [-0.39, 0.29) is 17.8 Å². The van der Waals surface area contributed by atoms with Gasteiger partial charge in [0.2, 0.25) is 0 Å². The average molecular weight is 365 g/mol. The highest BCUT2D eigenvalue weighted by atomic mass is 19.1. The van der Waals surface area contributed by atoms with Crippen molar-refractivity contribution in [2.75, 3.05) is 6.54 Å². The van der Waals surface area contributed by atoms with Crippen molar-refractivity contribution in [3.63, 3.8) is 0 Å². The van der Waals surface area contributed by atoms with Crippen LogP contribution in [0.25, 0.3) is 10.9 Å². The quantitative estimate of drug-likeness (QED) is 0.634. The van der Waals surface area contributed by atoms with Gasteiger partial charge in [-0.2, -0.15) is 0 Å². The third-order valence-corrected chi connectivity index (χ3v) is 5.27. The average Bonchev–Trinajstić information content (AvgIpc) is 3.06. The Morgan fingerprint density at radius 3 is 2.81 bits per heavy atom. The summed E-state index contributed by atoms with van der Waals surface area (Å²) in [5.41, 5.74) is 5.36. The van der Waals surface area contributed by atoms with Gasteiger partial charge in [-0.1, -0.05) is 12.1 Å². The maximum absolute atomic E-state index is 13.1. The van der Waals surface area contributed by atoms with Crippen LogP contribution in [-0.2, 0) is 13.0 Å². The monoisotopic (exact) mass is 365 g/mol. The number of carbonyl (C=O) groups is 1. The summed E-state index contributed by atoms with van der Waals surface area (Å²) in [6.45, 7) is 3.24. The zero-order chi connectivity index (χ0) is 18.8. The summed E-state index contributed by atoms with van der Waals surface area (Å²) in [5.74, 6) is -0.242. The van der Waals surface area contributed by atoms with E-state index in [0.29, 0.717) is 18.7 Å². The van der Waals surface area contributed by atoms with E-state index in [1.165, 1.54) is 23.4 Å². The van der Waals surface area contributed by atoms with Crippen LogP contribution in [0.4, 0.5) is 4.39 Å². The highest BCUT2D eigenvalue weighted by molar-refractivity contribution is 5.99. The summed E-state index contributed by atoms with van der Waals surface area (Å²) in [6, 6.07) is 12.7. The van der Waals surface area contributed by atoms with Gasteiger partial charge in [-0.25, -0.2) is 4.39 Å². The summed E-state index contributed by atoms with van der Waals surface area (Å²) in [5, 5.41) is 7.60. The molecule has 1 heterocycles. The van der Waals surface area contributed by atoms with Crippen LogP contribution in [0.15, 0.2) is 42.5 Å². The summed E-state index contributed by atoms with van der Waals surface area (Å²) in [6.07, 6.45) is 3.18. The topological polar surface area (TPSA) is 56.9 Å². The molecule has 1 amide bonds. The van der Waals surface area contributed by atoms with E-state index >= 15 is 0 Å². The Kier molecular flexibility index (Phi) is 4.94. The molecule has 0 spiro atoms. The Morgan fingerprint density at radius 2 is 2.04 bits per heavy atom.